The fourth-order valence-corrected chi connectivity index (χ4v) is 9.71. The number of carbonyl (C=O) groups excluding carboxylic acids is 3. The Morgan fingerprint density at radius 1 is 0.274 bits per heavy atom. The van der Waals surface area contributed by atoms with Crippen molar-refractivity contribution in [3.8, 4) is 0 Å². The third kappa shape index (κ3) is 60.4. The van der Waals surface area contributed by atoms with Crippen molar-refractivity contribution < 1.29 is 28.6 Å². The van der Waals surface area contributed by atoms with Crippen molar-refractivity contribution in [2.75, 3.05) is 13.2 Å². The van der Waals surface area contributed by atoms with Crippen molar-refractivity contribution in [3.63, 3.8) is 0 Å². The average molecular weight is 1030 g/mol. The highest BCUT2D eigenvalue weighted by Gasteiger charge is 2.19. The van der Waals surface area contributed by atoms with Gasteiger partial charge in [0, 0.05) is 19.3 Å². The molecule has 0 aliphatic carbocycles. The number of ether oxygens (including phenoxy) is 3. The summed E-state index contributed by atoms with van der Waals surface area (Å²) >= 11 is 0. The number of unbranched alkanes of at least 4 members (excludes halogenated alkanes) is 43. The van der Waals surface area contributed by atoms with Gasteiger partial charge in [0.05, 0.1) is 0 Å². The smallest absolute Gasteiger partial charge is 0.306 e. The average Bonchev–Trinajstić information content (AvgIpc) is 3.39. The van der Waals surface area contributed by atoms with Crippen molar-refractivity contribution in [1.29, 1.82) is 0 Å². The first-order chi connectivity index (χ1) is 36.0. The van der Waals surface area contributed by atoms with E-state index in [2.05, 4.69) is 57.2 Å². The molecule has 0 saturated heterocycles. The molecule has 0 fully saturated rings. The topological polar surface area (TPSA) is 78.9 Å². The zero-order valence-electron chi connectivity index (χ0n) is 49.2. The summed E-state index contributed by atoms with van der Waals surface area (Å²) in [6, 6.07) is 0. The van der Waals surface area contributed by atoms with Crippen LogP contribution in [0.4, 0.5) is 0 Å². The standard InChI is InChI=1S/C67H124O6/c1-4-7-10-13-16-18-20-22-23-24-25-26-27-28-29-30-31-32-33-34-35-36-37-38-39-40-41-42-43-45-46-48-51-54-57-60-66(69)72-63-64(62-71-65(68)59-56-53-50-15-12-9-6-3)73-67(70)61-58-55-52-49-47-44-21-19-17-14-11-8-5-2/h19-22,24-25,64H,4-18,23,26-63H2,1-3H3/b21-19-,22-20-,25-24-. The van der Waals surface area contributed by atoms with Gasteiger partial charge in [0.15, 0.2) is 6.10 Å². The molecule has 0 aromatic rings. The molecule has 1 unspecified atom stereocenters. The maximum Gasteiger partial charge on any atom is 0.306 e. The normalized spacial score (nSPS) is 12.2. The van der Waals surface area contributed by atoms with Crippen molar-refractivity contribution in [1.82, 2.24) is 0 Å². The summed E-state index contributed by atoms with van der Waals surface area (Å²) in [6.07, 6.45) is 76.4. The van der Waals surface area contributed by atoms with Crippen LogP contribution in [0.1, 0.15) is 355 Å². The number of rotatable bonds is 60. The number of esters is 3. The maximum absolute atomic E-state index is 12.8. The van der Waals surface area contributed by atoms with Crippen LogP contribution < -0.4 is 0 Å². The number of hydrogen-bond acceptors (Lipinski definition) is 6. The number of carbonyl (C=O) groups is 3. The molecule has 0 aromatic carbocycles. The summed E-state index contributed by atoms with van der Waals surface area (Å²) in [5.74, 6) is -0.868. The van der Waals surface area contributed by atoms with E-state index in [9.17, 15) is 14.4 Å². The van der Waals surface area contributed by atoms with E-state index in [4.69, 9.17) is 14.2 Å². The largest absolute Gasteiger partial charge is 0.462 e. The van der Waals surface area contributed by atoms with Gasteiger partial charge in [-0.25, -0.2) is 0 Å². The molecule has 0 heterocycles. The first kappa shape index (κ1) is 70.6. The predicted molar refractivity (Wildman–Crippen MR) is 316 cm³/mol. The van der Waals surface area contributed by atoms with Crippen LogP contribution in [0.25, 0.3) is 0 Å². The highest BCUT2D eigenvalue weighted by molar-refractivity contribution is 5.71. The van der Waals surface area contributed by atoms with Gasteiger partial charge in [0.25, 0.3) is 0 Å². The Labute approximate surface area is 455 Å². The van der Waals surface area contributed by atoms with Crippen LogP contribution in [-0.4, -0.2) is 37.2 Å². The summed E-state index contributed by atoms with van der Waals surface area (Å²) in [4.78, 5) is 37.9. The monoisotopic (exact) mass is 1020 g/mol. The fourth-order valence-electron chi connectivity index (χ4n) is 9.71. The molecule has 428 valence electrons. The van der Waals surface area contributed by atoms with E-state index in [0.29, 0.717) is 19.3 Å². The minimum absolute atomic E-state index is 0.0705. The number of hydrogen-bond donors (Lipinski definition) is 0. The molecule has 0 aliphatic rings. The second-order valence-corrected chi connectivity index (χ2v) is 22.0. The molecule has 0 amide bonds. The van der Waals surface area contributed by atoms with Crippen LogP contribution in [-0.2, 0) is 28.6 Å². The van der Waals surface area contributed by atoms with Crippen LogP contribution in [0, 0.1) is 0 Å². The van der Waals surface area contributed by atoms with Crippen LogP contribution in [0.3, 0.4) is 0 Å². The van der Waals surface area contributed by atoms with E-state index in [0.717, 1.165) is 70.6 Å². The summed E-state index contributed by atoms with van der Waals surface area (Å²) in [6.45, 7) is 6.60. The van der Waals surface area contributed by atoms with Gasteiger partial charge in [-0.2, -0.15) is 0 Å². The maximum atomic E-state index is 12.8. The van der Waals surface area contributed by atoms with Gasteiger partial charge in [-0.05, 0) is 77.0 Å². The first-order valence-corrected chi connectivity index (χ1v) is 32.5. The van der Waals surface area contributed by atoms with Crippen LogP contribution >= 0.6 is 0 Å². The number of allylic oxidation sites excluding steroid dienone is 6. The Morgan fingerprint density at radius 3 is 0.781 bits per heavy atom. The lowest BCUT2D eigenvalue weighted by molar-refractivity contribution is -0.167. The van der Waals surface area contributed by atoms with E-state index < -0.39 is 6.10 Å². The summed E-state index contributed by atoms with van der Waals surface area (Å²) < 4.78 is 16.8. The second-order valence-electron chi connectivity index (χ2n) is 22.0. The highest BCUT2D eigenvalue weighted by atomic mass is 16.6. The molecule has 0 aliphatic heterocycles. The van der Waals surface area contributed by atoms with Crippen molar-refractivity contribution in [2.45, 2.75) is 361 Å². The molecule has 0 radical (unpaired) electrons. The zero-order chi connectivity index (χ0) is 52.9. The van der Waals surface area contributed by atoms with Gasteiger partial charge < -0.3 is 14.2 Å². The molecular weight excluding hydrogens is 901 g/mol. The summed E-state index contributed by atoms with van der Waals surface area (Å²) in [5.41, 5.74) is 0. The molecule has 0 spiro atoms. The lowest BCUT2D eigenvalue weighted by Crippen LogP contribution is -2.30. The third-order valence-corrected chi connectivity index (χ3v) is 14.6. The molecule has 0 aromatic heterocycles. The van der Waals surface area contributed by atoms with Crippen LogP contribution in [0.5, 0.6) is 0 Å². The predicted octanol–water partition coefficient (Wildman–Crippen LogP) is 22.0. The van der Waals surface area contributed by atoms with Gasteiger partial charge >= 0.3 is 17.9 Å². The van der Waals surface area contributed by atoms with E-state index in [1.807, 2.05) is 0 Å². The van der Waals surface area contributed by atoms with E-state index in [1.54, 1.807) is 0 Å². The summed E-state index contributed by atoms with van der Waals surface area (Å²) in [7, 11) is 0. The van der Waals surface area contributed by atoms with E-state index >= 15 is 0 Å². The minimum atomic E-state index is -0.769. The van der Waals surface area contributed by atoms with Gasteiger partial charge in [-0.15, -0.1) is 0 Å². The van der Waals surface area contributed by atoms with E-state index in [-0.39, 0.29) is 31.1 Å². The zero-order valence-corrected chi connectivity index (χ0v) is 49.2. The fraction of sp³-hybridized carbons (Fsp3) is 0.866. The molecular formula is C67H124O6. The van der Waals surface area contributed by atoms with Crippen LogP contribution in [0.15, 0.2) is 36.5 Å². The molecule has 0 saturated carbocycles. The van der Waals surface area contributed by atoms with Crippen molar-refractivity contribution >= 4 is 17.9 Å². The Bertz CT molecular complexity index is 1220. The lowest BCUT2D eigenvalue weighted by Gasteiger charge is -2.18. The second kappa shape index (κ2) is 62.2. The van der Waals surface area contributed by atoms with Crippen molar-refractivity contribution in [3.05, 3.63) is 36.5 Å². The van der Waals surface area contributed by atoms with Gasteiger partial charge in [0.1, 0.15) is 13.2 Å². The molecule has 1 atom stereocenters. The lowest BCUT2D eigenvalue weighted by atomic mass is 10.0. The van der Waals surface area contributed by atoms with Gasteiger partial charge in [0.2, 0.25) is 0 Å². The Kier molecular flexibility index (Phi) is 60.2. The molecule has 73 heavy (non-hydrogen) atoms. The first-order valence-electron chi connectivity index (χ1n) is 32.5. The molecule has 6 heteroatoms. The molecule has 0 N–H and O–H groups in total. The van der Waals surface area contributed by atoms with Gasteiger partial charge in [-0.3, -0.25) is 14.4 Å². The molecule has 6 nitrogen and oxygen atoms in total. The summed E-state index contributed by atoms with van der Waals surface area (Å²) in [5, 5.41) is 0. The SMILES string of the molecule is CCCCCC/C=C\CCCCCCCC(=O)OC(COC(=O)CCCCCCCCC)COC(=O)CCCCCCCCCCCCCCCCCCCCCCCCC/C=C\C/C=C\CCCCCCC. The highest BCUT2D eigenvalue weighted by Crippen LogP contribution is 2.18. The quantitative estimate of drug-likeness (QED) is 0.0261. The Balaban J connectivity index is 3.89. The Morgan fingerprint density at radius 2 is 0.493 bits per heavy atom. The molecule has 0 bridgehead atoms. The minimum Gasteiger partial charge on any atom is -0.462 e. The van der Waals surface area contributed by atoms with Crippen molar-refractivity contribution in [2.24, 2.45) is 0 Å². The van der Waals surface area contributed by atoms with E-state index in [1.165, 1.54) is 244 Å². The molecule has 0 rings (SSSR count). The van der Waals surface area contributed by atoms with Crippen LogP contribution in [0.2, 0.25) is 0 Å². The Hall–Kier alpha value is -2.37. The third-order valence-electron chi connectivity index (χ3n) is 14.6. The van der Waals surface area contributed by atoms with Gasteiger partial charge in [-0.1, -0.05) is 295 Å².